The average Bonchev–Trinajstić information content (AvgIpc) is 3.06. The van der Waals surface area contributed by atoms with E-state index >= 15 is 0 Å². The number of carboxylic acid groups (broad SMARTS) is 6. The Morgan fingerprint density at radius 2 is 0.517 bits per heavy atom. The summed E-state index contributed by atoms with van der Waals surface area (Å²) in [5.41, 5.74) is 0. The number of carbonyl (C=O) groups excluding carboxylic acids is 7. The largest absolute Gasteiger partial charge is 0.719 e. The fourth-order valence-electron chi connectivity index (χ4n) is 3.12. The molecule has 0 spiro atoms. The molecular weight excluding hydrogens is 941 g/mol. The first-order valence-electron chi connectivity index (χ1n) is 15.7. The molecule has 0 aromatic carbocycles. The average molecular weight is 991 g/mol. The topological polar surface area (TPSA) is 384 Å². The van der Waals surface area contributed by atoms with Crippen molar-refractivity contribution in [2.75, 3.05) is 52.4 Å². The van der Waals surface area contributed by atoms with Gasteiger partial charge in [-0.1, -0.05) is 63.1 Å². The SMILES string of the molecule is CC[N+](CC)(CC)CC.CC[N+](CC)(CC)CC.O=C(O)OC(=O)S.O=C(O)OC(=O)S.O=C(O)OC(=O)S.O=C(O)OC(=O)S.O=C(O)OC(=O)S.O=C([O-])OC(=O)[S-]. The molecule has 0 fully saturated rings. The Hall–Kier alpha value is -4.47. The van der Waals surface area contributed by atoms with Gasteiger partial charge >= 0.3 is 57.3 Å². The highest BCUT2D eigenvalue weighted by Crippen LogP contribution is 2.04. The number of carbonyl (C=O) groups is 12. The first-order chi connectivity index (χ1) is 27.2. The molecule has 0 amide bonds. The Morgan fingerprint density at radius 3 is 0.517 bits per heavy atom. The summed E-state index contributed by atoms with van der Waals surface area (Å²) in [6.45, 7) is 28.4. The molecule has 0 bridgehead atoms. The van der Waals surface area contributed by atoms with Gasteiger partial charge in [0.2, 0.25) is 0 Å². The highest BCUT2D eigenvalue weighted by atomic mass is 32.1. The monoisotopic (exact) mass is 990 g/mol. The molecule has 352 valence electrons. The predicted molar refractivity (Wildman–Crippen MR) is 222 cm³/mol. The summed E-state index contributed by atoms with van der Waals surface area (Å²) < 4.78 is 22.7. The third kappa shape index (κ3) is 78.0. The lowest BCUT2D eigenvalue weighted by molar-refractivity contribution is -0.921. The van der Waals surface area contributed by atoms with Gasteiger partial charge < -0.3 is 90.2 Å². The van der Waals surface area contributed by atoms with Crippen molar-refractivity contribution in [2.45, 2.75) is 55.4 Å². The summed E-state index contributed by atoms with van der Waals surface area (Å²) in [6, 6.07) is 0. The number of hydrogen-bond donors (Lipinski definition) is 10. The van der Waals surface area contributed by atoms with Crippen molar-refractivity contribution in [1.29, 1.82) is 0 Å². The summed E-state index contributed by atoms with van der Waals surface area (Å²) in [7, 11) is 0. The lowest BCUT2D eigenvalue weighted by Gasteiger charge is -2.34. The van der Waals surface area contributed by atoms with E-state index in [2.05, 4.69) is 160 Å². The molecule has 0 rings (SSSR count). The molecule has 5 N–H and O–H groups in total. The fraction of sp³-hybridized carbons (Fsp3) is 0.571. The van der Waals surface area contributed by atoms with Gasteiger partial charge in [-0.05, 0) is 55.4 Å². The Kier molecular flexibility index (Phi) is 57.5. The molecule has 0 unspecified atom stereocenters. The number of ether oxygens (including phenoxy) is 6. The van der Waals surface area contributed by atoms with E-state index in [9.17, 15) is 62.6 Å². The zero-order valence-corrected chi connectivity index (χ0v) is 38.5. The Labute approximate surface area is 376 Å². The fourth-order valence-corrected chi connectivity index (χ4v) is 3.58. The van der Waals surface area contributed by atoms with Gasteiger partial charge in [0.1, 0.15) is 5.30 Å². The van der Waals surface area contributed by atoms with Crippen molar-refractivity contribution < 1.29 is 126 Å². The molecule has 0 aromatic heterocycles. The van der Waals surface area contributed by atoms with Crippen LogP contribution in [0.5, 0.6) is 0 Å². The summed E-state index contributed by atoms with van der Waals surface area (Å²) in [5, 5.41) is 40.3. The van der Waals surface area contributed by atoms with E-state index < -0.39 is 68.7 Å². The second-order valence-corrected chi connectivity index (χ2v) is 11.1. The van der Waals surface area contributed by atoms with E-state index in [4.69, 9.17) is 25.5 Å². The van der Waals surface area contributed by atoms with Gasteiger partial charge in [-0.25, -0.2) is 47.9 Å². The van der Waals surface area contributed by atoms with E-state index in [1.807, 2.05) is 0 Å². The van der Waals surface area contributed by atoms with Crippen LogP contribution in [-0.4, -0.2) is 156 Å². The lowest BCUT2D eigenvalue weighted by Crippen LogP contribution is -2.47. The van der Waals surface area contributed by atoms with Crippen LogP contribution in [0.15, 0.2) is 0 Å². The maximum atomic E-state index is 9.52. The Morgan fingerprint density at radius 1 is 0.383 bits per heavy atom. The molecular formula is C28H50N2O24S6. The van der Waals surface area contributed by atoms with Gasteiger partial charge in [0, 0.05) is 0 Å². The minimum atomic E-state index is -1.92. The Bertz CT molecular complexity index is 1000. The first-order valence-corrected chi connectivity index (χ1v) is 18.4. The molecule has 0 aliphatic rings. The van der Waals surface area contributed by atoms with Gasteiger partial charge in [0.25, 0.3) is 6.16 Å². The van der Waals surface area contributed by atoms with Gasteiger partial charge in [0.05, 0.1) is 52.4 Å². The maximum absolute atomic E-state index is 9.52. The standard InChI is InChI=1S/2C8H20N.6C2H2O4S/c2*1-5-9(6-2,7-3)8-4;6*3-1(4)6-2(5)7/h2*5-8H2,1-4H3;6*(H,3,4)(H,5,7)/q2*+1;;;;;;/p-2. The molecule has 60 heavy (non-hydrogen) atoms. The summed E-state index contributed by atoms with van der Waals surface area (Å²) >= 11 is 18.7. The minimum Gasteiger partial charge on any atom is -0.719 e. The number of quaternary nitrogens is 2. The number of rotatable bonds is 8. The zero-order chi connectivity index (χ0) is 49.8. The smallest absolute Gasteiger partial charge is 0.514 e. The van der Waals surface area contributed by atoms with Crippen LogP contribution in [0.2, 0.25) is 0 Å². The van der Waals surface area contributed by atoms with Gasteiger partial charge in [0.15, 0.2) is 0 Å². The summed E-state index contributed by atoms with van der Waals surface area (Å²) in [5.74, 6) is 0. The second kappa shape index (κ2) is 47.2. The van der Waals surface area contributed by atoms with Crippen LogP contribution in [0.3, 0.4) is 0 Å². The second-order valence-electron chi connectivity index (χ2n) is 8.98. The molecule has 0 aromatic rings. The van der Waals surface area contributed by atoms with Crippen LogP contribution in [-0.2, 0) is 41.0 Å². The molecule has 0 saturated heterocycles. The molecule has 0 aliphatic heterocycles. The maximum Gasteiger partial charge on any atom is 0.514 e. The molecule has 26 nitrogen and oxygen atoms in total. The zero-order valence-electron chi connectivity index (χ0n) is 33.2. The van der Waals surface area contributed by atoms with Crippen molar-refractivity contribution in [3.63, 3.8) is 0 Å². The van der Waals surface area contributed by atoms with E-state index in [0.717, 1.165) is 0 Å². The van der Waals surface area contributed by atoms with Crippen LogP contribution in [0, 0.1) is 0 Å². The normalized spacial score (nSPS) is 8.88. The van der Waals surface area contributed by atoms with Crippen LogP contribution < -0.4 is 5.11 Å². The van der Waals surface area contributed by atoms with Crippen molar-refractivity contribution in [1.82, 2.24) is 0 Å². The summed E-state index contributed by atoms with van der Waals surface area (Å²) in [4.78, 5) is 113. The molecule has 0 aliphatic carbocycles. The van der Waals surface area contributed by atoms with Crippen molar-refractivity contribution in [3.05, 3.63) is 0 Å². The van der Waals surface area contributed by atoms with Crippen molar-refractivity contribution in [3.8, 4) is 0 Å². The van der Waals surface area contributed by atoms with E-state index in [1.165, 1.54) is 61.3 Å². The van der Waals surface area contributed by atoms with Crippen molar-refractivity contribution in [2.24, 2.45) is 0 Å². The van der Waals surface area contributed by atoms with Crippen LogP contribution in [0.1, 0.15) is 55.4 Å². The third-order valence-corrected chi connectivity index (χ3v) is 6.95. The van der Waals surface area contributed by atoms with Crippen LogP contribution in [0.25, 0.3) is 0 Å². The molecule has 0 radical (unpaired) electrons. The van der Waals surface area contributed by atoms with Crippen LogP contribution >= 0.6 is 63.1 Å². The summed E-state index contributed by atoms with van der Waals surface area (Å²) in [6.07, 6.45) is -10.1. The van der Waals surface area contributed by atoms with Gasteiger partial charge in [-0.2, -0.15) is 0 Å². The van der Waals surface area contributed by atoms with E-state index in [1.54, 1.807) is 0 Å². The van der Waals surface area contributed by atoms with Gasteiger partial charge in [-0.3, -0.25) is 0 Å². The number of nitrogens with zero attached hydrogens (tertiary/aromatic N) is 2. The van der Waals surface area contributed by atoms with Gasteiger partial charge in [-0.15, -0.1) is 0 Å². The predicted octanol–water partition coefficient (Wildman–Crippen LogP) is 6.43. The third-order valence-electron chi connectivity index (χ3n) is 6.41. The first kappa shape index (κ1) is 73.1. The lowest BCUT2D eigenvalue weighted by atomic mass is 10.3. The number of hydrogen-bond acceptors (Lipinski definition) is 20. The van der Waals surface area contributed by atoms with Crippen molar-refractivity contribution >= 4 is 145 Å². The molecule has 0 atom stereocenters. The molecule has 0 saturated carbocycles. The number of thiol groups is 5. The van der Waals surface area contributed by atoms with E-state index in [0.29, 0.717) is 0 Å². The highest BCUT2D eigenvalue weighted by molar-refractivity contribution is 7.97. The van der Waals surface area contributed by atoms with E-state index in [-0.39, 0.29) is 0 Å². The minimum absolute atomic E-state index is 1.12. The Balaban J connectivity index is -0.0000000861. The molecule has 0 heterocycles. The van der Waals surface area contributed by atoms with Crippen LogP contribution in [0.4, 0.5) is 57.5 Å². The highest BCUT2D eigenvalue weighted by Gasteiger charge is 2.17. The molecule has 32 heteroatoms. The quantitative estimate of drug-likeness (QED) is 0.0312.